The second kappa shape index (κ2) is 12.0. The molecule has 2 aromatic carbocycles. The number of rotatable bonds is 9. The van der Waals surface area contributed by atoms with E-state index in [-0.39, 0.29) is 18.5 Å². The second-order valence-electron chi connectivity index (χ2n) is 9.54. The van der Waals surface area contributed by atoms with E-state index < -0.39 is 0 Å². The summed E-state index contributed by atoms with van der Waals surface area (Å²) in [6.07, 6.45) is 4.67. The van der Waals surface area contributed by atoms with Gasteiger partial charge in [-0.1, -0.05) is 31.5 Å². The van der Waals surface area contributed by atoms with Gasteiger partial charge >= 0.3 is 0 Å². The van der Waals surface area contributed by atoms with E-state index in [1.807, 2.05) is 49.4 Å². The van der Waals surface area contributed by atoms with E-state index in [9.17, 15) is 9.59 Å². The van der Waals surface area contributed by atoms with Crippen molar-refractivity contribution >= 4 is 29.3 Å². The van der Waals surface area contributed by atoms with Crippen molar-refractivity contribution in [2.75, 3.05) is 37.0 Å². The van der Waals surface area contributed by atoms with E-state index >= 15 is 0 Å². The van der Waals surface area contributed by atoms with Crippen LogP contribution in [0.2, 0.25) is 0 Å². The Balaban J connectivity index is 1.38. The molecule has 0 radical (unpaired) electrons. The molecule has 0 bridgehead atoms. The number of hydrogen-bond acceptors (Lipinski definition) is 6. The monoisotopic (exact) mass is 518 g/mol. The number of nitrogens with one attached hydrogen (secondary N) is 1. The predicted molar refractivity (Wildman–Crippen MR) is 147 cm³/mol. The van der Waals surface area contributed by atoms with Crippen LogP contribution in [0.4, 0.5) is 5.69 Å². The third-order valence-electron chi connectivity index (χ3n) is 6.78. The number of carbonyl (C=O) groups is 2. The third kappa shape index (κ3) is 6.09. The van der Waals surface area contributed by atoms with Gasteiger partial charge in [0.2, 0.25) is 5.91 Å². The molecule has 1 aromatic heterocycles. The summed E-state index contributed by atoms with van der Waals surface area (Å²) in [4.78, 5) is 31.6. The number of anilines is 1. The molecule has 0 saturated carbocycles. The van der Waals surface area contributed by atoms with E-state index in [0.717, 1.165) is 53.7 Å². The highest BCUT2D eigenvalue weighted by Crippen LogP contribution is 2.38. The molecule has 2 amide bonds. The highest BCUT2D eigenvalue weighted by atomic mass is 32.2. The fourth-order valence-electron chi connectivity index (χ4n) is 4.78. The molecule has 1 saturated heterocycles. The quantitative estimate of drug-likeness (QED) is 0.383. The summed E-state index contributed by atoms with van der Waals surface area (Å²) < 4.78 is 6.23. The lowest BCUT2D eigenvalue weighted by Crippen LogP contribution is -2.52. The Hall–Kier alpha value is -3.07. The summed E-state index contributed by atoms with van der Waals surface area (Å²) in [7, 11) is 0. The third-order valence-corrected chi connectivity index (χ3v) is 7.83. The van der Waals surface area contributed by atoms with Gasteiger partial charge in [-0.15, -0.1) is 11.8 Å². The summed E-state index contributed by atoms with van der Waals surface area (Å²) in [6.45, 7) is 5.87. The number of fused-ring (bicyclic) bond motifs is 1. The number of hydrogen-bond donors (Lipinski definition) is 1. The zero-order valence-corrected chi connectivity index (χ0v) is 22.1. The van der Waals surface area contributed by atoms with Crippen LogP contribution in [0.25, 0.3) is 11.3 Å². The average molecular weight is 519 g/mol. The predicted octanol–water partition coefficient (Wildman–Crippen LogP) is 5.39. The maximum Gasteiger partial charge on any atom is 0.269 e. The lowest BCUT2D eigenvalue weighted by molar-refractivity contribution is -0.116. The molecule has 0 spiro atoms. The van der Waals surface area contributed by atoms with Crippen LogP contribution < -0.4 is 10.3 Å². The fourth-order valence-corrected chi connectivity index (χ4v) is 5.69. The van der Waals surface area contributed by atoms with E-state index in [1.54, 1.807) is 22.0 Å². The number of benzene rings is 2. The number of hydrazine groups is 1. The van der Waals surface area contributed by atoms with Gasteiger partial charge < -0.3 is 4.42 Å². The Bertz CT molecular complexity index is 1220. The van der Waals surface area contributed by atoms with Crippen molar-refractivity contribution < 1.29 is 14.0 Å². The molecule has 0 atom stereocenters. The van der Waals surface area contributed by atoms with Crippen LogP contribution in [0.1, 0.15) is 48.7 Å². The minimum absolute atomic E-state index is 0.0240. The molecule has 2 aliphatic rings. The minimum Gasteiger partial charge on any atom is -0.460 e. The molecule has 2 aliphatic heterocycles. The topological polar surface area (TPSA) is 69.0 Å². The lowest BCUT2D eigenvalue weighted by atomic mass is 10.1. The number of likely N-dealkylation sites (tertiary alicyclic amines) is 1. The second-order valence-corrected chi connectivity index (χ2v) is 10.6. The molecule has 3 aromatic rings. The maximum atomic E-state index is 13.3. The largest absolute Gasteiger partial charge is 0.460 e. The van der Waals surface area contributed by atoms with E-state index in [1.165, 1.54) is 31.0 Å². The number of amides is 2. The van der Waals surface area contributed by atoms with Crippen LogP contribution in [0.3, 0.4) is 0 Å². The van der Waals surface area contributed by atoms with Gasteiger partial charge in [0.05, 0.1) is 18.0 Å². The number of carbonyl (C=O) groups excluding carboxylic acids is 2. The maximum absolute atomic E-state index is 13.3. The molecular weight excluding hydrogens is 484 g/mol. The van der Waals surface area contributed by atoms with Gasteiger partial charge in [0.1, 0.15) is 18.2 Å². The van der Waals surface area contributed by atoms with Crippen molar-refractivity contribution in [1.29, 1.82) is 0 Å². The standard InChI is InChI=1S/C29H34N4O3S/c1-2-15-30-33(29(35)22-9-5-3-6-10-22)21-32-25-18-23(11-14-27(25)37-20-28(32)34)26-13-12-24(36-26)19-31-16-7-4-8-17-31/h3,5-6,9-14,18,30H,2,4,7-8,15-17,19-21H2,1H3. The van der Waals surface area contributed by atoms with Crippen molar-refractivity contribution in [3.05, 3.63) is 72.0 Å². The molecule has 5 rings (SSSR count). The van der Waals surface area contributed by atoms with Crippen LogP contribution in [-0.2, 0) is 11.3 Å². The molecule has 0 unspecified atom stereocenters. The van der Waals surface area contributed by atoms with Crippen molar-refractivity contribution in [1.82, 2.24) is 15.3 Å². The van der Waals surface area contributed by atoms with Gasteiger partial charge in [-0.2, -0.15) is 0 Å². The smallest absolute Gasteiger partial charge is 0.269 e. The van der Waals surface area contributed by atoms with Crippen LogP contribution in [0.15, 0.2) is 70.0 Å². The average Bonchev–Trinajstić information content (AvgIpc) is 3.41. The Morgan fingerprint density at radius 2 is 1.86 bits per heavy atom. The molecule has 37 heavy (non-hydrogen) atoms. The molecule has 8 heteroatoms. The summed E-state index contributed by atoms with van der Waals surface area (Å²) in [5, 5.41) is 1.55. The number of furan rings is 1. The van der Waals surface area contributed by atoms with Gasteiger partial charge in [-0.05, 0) is 74.8 Å². The first kappa shape index (κ1) is 25.6. The Labute approximate surface area is 222 Å². The van der Waals surface area contributed by atoms with Crippen LogP contribution in [-0.4, -0.2) is 53.8 Å². The molecular formula is C29H34N4O3S. The molecule has 0 aliphatic carbocycles. The van der Waals surface area contributed by atoms with Crippen molar-refractivity contribution in [3.63, 3.8) is 0 Å². The number of thioether (sulfide) groups is 1. The summed E-state index contributed by atoms with van der Waals surface area (Å²) >= 11 is 1.53. The first-order valence-corrected chi connectivity index (χ1v) is 14.1. The van der Waals surface area contributed by atoms with Gasteiger partial charge in [0.25, 0.3) is 5.91 Å². The molecule has 1 N–H and O–H groups in total. The Morgan fingerprint density at radius 3 is 2.65 bits per heavy atom. The molecule has 1 fully saturated rings. The lowest BCUT2D eigenvalue weighted by Gasteiger charge is -2.34. The summed E-state index contributed by atoms with van der Waals surface area (Å²) in [5.41, 5.74) is 5.52. The minimum atomic E-state index is -0.161. The SMILES string of the molecule is CCCNN(CN1C(=O)CSc2ccc(-c3ccc(CN4CCCCC4)o3)cc21)C(=O)c1ccccc1. The first-order chi connectivity index (χ1) is 18.1. The first-order valence-electron chi connectivity index (χ1n) is 13.1. The van der Waals surface area contributed by atoms with Crippen LogP contribution >= 0.6 is 11.8 Å². The van der Waals surface area contributed by atoms with Gasteiger partial charge in [-0.25, -0.2) is 5.43 Å². The Kier molecular flexibility index (Phi) is 8.28. The normalized spacial score (nSPS) is 16.0. The number of nitrogens with zero attached hydrogens (tertiary/aromatic N) is 3. The zero-order chi connectivity index (χ0) is 25.6. The van der Waals surface area contributed by atoms with E-state index in [4.69, 9.17) is 4.42 Å². The van der Waals surface area contributed by atoms with E-state index in [2.05, 4.69) is 16.4 Å². The van der Waals surface area contributed by atoms with Crippen molar-refractivity contribution in [2.24, 2.45) is 0 Å². The fraction of sp³-hybridized carbons (Fsp3) is 0.379. The van der Waals surface area contributed by atoms with Crippen LogP contribution in [0, 0.1) is 0 Å². The van der Waals surface area contributed by atoms with Gasteiger partial charge in [0, 0.05) is 22.6 Å². The Morgan fingerprint density at radius 1 is 1.05 bits per heavy atom. The van der Waals surface area contributed by atoms with Gasteiger partial charge in [-0.3, -0.25) is 24.4 Å². The molecule has 7 nitrogen and oxygen atoms in total. The van der Waals surface area contributed by atoms with Crippen LogP contribution in [0.5, 0.6) is 0 Å². The van der Waals surface area contributed by atoms with Gasteiger partial charge in [0.15, 0.2) is 0 Å². The zero-order valence-electron chi connectivity index (χ0n) is 21.3. The van der Waals surface area contributed by atoms with Crippen molar-refractivity contribution in [3.8, 4) is 11.3 Å². The summed E-state index contributed by atoms with van der Waals surface area (Å²) in [5.74, 6) is 1.91. The summed E-state index contributed by atoms with van der Waals surface area (Å²) in [6, 6.07) is 19.3. The molecule has 3 heterocycles. The van der Waals surface area contributed by atoms with Crippen molar-refractivity contribution in [2.45, 2.75) is 44.0 Å². The highest BCUT2D eigenvalue weighted by Gasteiger charge is 2.29. The molecule has 194 valence electrons. The number of piperidine rings is 1. The highest BCUT2D eigenvalue weighted by molar-refractivity contribution is 8.00. The van der Waals surface area contributed by atoms with E-state index in [0.29, 0.717) is 17.9 Å².